The highest BCUT2D eigenvalue weighted by Gasteiger charge is 2.44. The molecule has 4 heteroatoms. The molecular weight excluding hydrogens is 302 g/mol. The molecule has 134 valence electrons. The fraction of sp³-hybridized carbons (Fsp3) is 0.650. The van der Waals surface area contributed by atoms with Crippen LogP contribution in [0.3, 0.4) is 0 Å². The van der Waals surface area contributed by atoms with Gasteiger partial charge in [0, 0.05) is 19.0 Å². The lowest BCUT2D eigenvalue weighted by molar-refractivity contribution is -0.129. The summed E-state index contributed by atoms with van der Waals surface area (Å²) < 4.78 is 10.6. The van der Waals surface area contributed by atoms with Crippen molar-refractivity contribution in [2.24, 2.45) is 11.8 Å². The van der Waals surface area contributed by atoms with Gasteiger partial charge in [0.05, 0.1) is 14.2 Å². The Labute approximate surface area is 146 Å². The van der Waals surface area contributed by atoms with E-state index in [4.69, 9.17) is 9.47 Å². The van der Waals surface area contributed by atoms with Gasteiger partial charge in [-0.05, 0) is 48.8 Å². The molecule has 0 spiro atoms. The van der Waals surface area contributed by atoms with Crippen LogP contribution in [-0.4, -0.2) is 37.6 Å². The maximum Gasteiger partial charge on any atom is 0.223 e. The van der Waals surface area contributed by atoms with Crippen molar-refractivity contribution in [1.29, 1.82) is 0 Å². The Morgan fingerprint density at radius 3 is 2.50 bits per heavy atom. The van der Waals surface area contributed by atoms with Gasteiger partial charge in [-0.2, -0.15) is 0 Å². The molecule has 1 aliphatic heterocycles. The van der Waals surface area contributed by atoms with E-state index in [9.17, 15) is 4.79 Å². The molecule has 1 aromatic rings. The first-order valence-corrected chi connectivity index (χ1v) is 9.12. The summed E-state index contributed by atoms with van der Waals surface area (Å²) in [6.07, 6.45) is 4.00. The first kappa shape index (κ1) is 18.6. The molecule has 0 radical (unpaired) electrons. The maximum atomic E-state index is 12.2. The molecule has 1 saturated carbocycles. The minimum Gasteiger partial charge on any atom is -0.493 e. The molecule has 0 aromatic heterocycles. The summed E-state index contributed by atoms with van der Waals surface area (Å²) in [6.45, 7) is 7.11. The maximum absolute atomic E-state index is 12.2. The van der Waals surface area contributed by atoms with E-state index in [1.807, 2.05) is 26.0 Å². The van der Waals surface area contributed by atoms with E-state index in [1.54, 1.807) is 14.2 Å². The normalized spacial score (nSPS) is 25.1. The fourth-order valence-corrected chi connectivity index (χ4v) is 4.08. The number of rotatable bonds is 5. The number of hydrogen-bond acceptors (Lipinski definition) is 3. The standard InChI is InChI=1S/C18H25NO3.C2H6/c1-12-8-14-11-18(20)19(15(14)9-12)7-6-13-4-5-16(21-2)17(10-13)22-3;1-2/h4-5,10,12,14-15H,6-9,11H2,1-3H3;1-2H3. The lowest BCUT2D eigenvalue weighted by Gasteiger charge is -2.24. The number of likely N-dealkylation sites (tertiary alicyclic amines) is 1. The number of methoxy groups -OCH3 is 2. The molecular formula is C20H31NO3. The van der Waals surface area contributed by atoms with Crippen LogP contribution in [0.15, 0.2) is 18.2 Å². The van der Waals surface area contributed by atoms with Gasteiger partial charge in [-0.1, -0.05) is 26.8 Å². The second-order valence-corrected chi connectivity index (χ2v) is 6.63. The van der Waals surface area contributed by atoms with Gasteiger partial charge in [-0.25, -0.2) is 0 Å². The van der Waals surface area contributed by atoms with Crippen LogP contribution < -0.4 is 9.47 Å². The second kappa shape index (κ2) is 8.41. The molecule has 3 unspecified atom stereocenters. The number of ether oxygens (including phenoxy) is 2. The monoisotopic (exact) mass is 333 g/mol. The smallest absolute Gasteiger partial charge is 0.223 e. The van der Waals surface area contributed by atoms with Crippen molar-refractivity contribution in [1.82, 2.24) is 4.90 Å². The predicted molar refractivity (Wildman–Crippen MR) is 96.6 cm³/mol. The van der Waals surface area contributed by atoms with E-state index in [2.05, 4.69) is 17.9 Å². The zero-order valence-electron chi connectivity index (χ0n) is 15.7. The van der Waals surface area contributed by atoms with E-state index < -0.39 is 0 Å². The highest BCUT2D eigenvalue weighted by atomic mass is 16.5. The summed E-state index contributed by atoms with van der Waals surface area (Å²) in [6, 6.07) is 6.47. The van der Waals surface area contributed by atoms with Gasteiger partial charge in [0.15, 0.2) is 11.5 Å². The summed E-state index contributed by atoms with van der Waals surface area (Å²) >= 11 is 0. The average Bonchev–Trinajstić information content (AvgIpc) is 3.09. The van der Waals surface area contributed by atoms with Crippen molar-refractivity contribution < 1.29 is 14.3 Å². The Balaban J connectivity index is 0.00000100. The quantitative estimate of drug-likeness (QED) is 0.820. The summed E-state index contributed by atoms with van der Waals surface area (Å²) in [7, 11) is 3.29. The van der Waals surface area contributed by atoms with Crippen LogP contribution in [0.5, 0.6) is 11.5 Å². The van der Waals surface area contributed by atoms with Crippen molar-refractivity contribution in [3.05, 3.63) is 23.8 Å². The van der Waals surface area contributed by atoms with Gasteiger partial charge in [0.2, 0.25) is 5.91 Å². The number of nitrogens with zero attached hydrogens (tertiary/aromatic N) is 1. The fourth-order valence-electron chi connectivity index (χ4n) is 4.08. The molecule has 1 aliphatic carbocycles. The zero-order chi connectivity index (χ0) is 17.7. The number of hydrogen-bond donors (Lipinski definition) is 0. The number of carbonyl (C=O) groups excluding carboxylic acids is 1. The molecule has 2 fully saturated rings. The predicted octanol–water partition coefficient (Wildman–Crippen LogP) is 3.92. The van der Waals surface area contributed by atoms with E-state index in [0.29, 0.717) is 17.9 Å². The first-order valence-electron chi connectivity index (χ1n) is 9.12. The lowest BCUT2D eigenvalue weighted by atomic mass is 10.0. The van der Waals surface area contributed by atoms with Crippen LogP contribution in [0.4, 0.5) is 0 Å². The molecule has 1 amide bonds. The SMILES string of the molecule is CC.COc1ccc(CCN2C(=O)CC3CC(C)CC32)cc1OC. The molecule has 1 saturated heterocycles. The van der Waals surface area contributed by atoms with Gasteiger partial charge >= 0.3 is 0 Å². The second-order valence-electron chi connectivity index (χ2n) is 6.63. The van der Waals surface area contributed by atoms with Crippen molar-refractivity contribution in [2.75, 3.05) is 20.8 Å². The number of benzene rings is 1. The highest BCUT2D eigenvalue weighted by Crippen LogP contribution is 2.41. The highest BCUT2D eigenvalue weighted by molar-refractivity contribution is 5.79. The van der Waals surface area contributed by atoms with Gasteiger partial charge < -0.3 is 14.4 Å². The molecule has 0 N–H and O–H groups in total. The third-order valence-electron chi connectivity index (χ3n) is 5.14. The Morgan fingerprint density at radius 1 is 1.12 bits per heavy atom. The summed E-state index contributed by atoms with van der Waals surface area (Å²) in [5.74, 6) is 3.18. The summed E-state index contributed by atoms with van der Waals surface area (Å²) in [5, 5.41) is 0. The van der Waals surface area contributed by atoms with Crippen molar-refractivity contribution in [3.8, 4) is 11.5 Å². The molecule has 1 heterocycles. The van der Waals surface area contributed by atoms with Crippen LogP contribution in [0.25, 0.3) is 0 Å². The van der Waals surface area contributed by atoms with Gasteiger partial charge in [-0.3, -0.25) is 4.79 Å². The van der Waals surface area contributed by atoms with E-state index in [1.165, 1.54) is 18.4 Å². The first-order chi connectivity index (χ1) is 11.6. The Morgan fingerprint density at radius 2 is 1.83 bits per heavy atom. The molecule has 4 nitrogen and oxygen atoms in total. The van der Waals surface area contributed by atoms with Crippen LogP contribution >= 0.6 is 0 Å². The average molecular weight is 333 g/mol. The van der Waals surface area contributed by atoms with Crippen LogP contribution in [-0.2, 0) is 11.2 Å². The topological polar surface area (TPSA) is 38.8 Å². The van der Waals surface area contributed by atoms with E-state index >= 15 is 0 Å². The van der Waals surface area contributed by atoms with Crippen molar-refractivity contribution in [2.45, 2.75) is 52.5 Å². The zero-order valence-corrected chi connectivity index (χ0v) is 15.7. The number of carbonyl (C=O) groups is 1. The molecule has 24 heavy (non-hydrogen) atoms. The molecule has 2 aliphatic rings. The molecule has 0 bridgehead atoms. The third-order valence-corrected chi connectivity index (χ3v) is 5.14. The minimum atomic E-state index is 0.336. The van der Waals surface area contributed by atoms with Crippen LogP contribution in [0.1, 0.15) is 45.6 Å². The van der Waals surface area contributed by atoms with Gasteiger partial charge in [0.1, 0.15) is 0 Å². The lowest BCUT2D eigenvalue weighted by Crippen LogP contribution is -2.35. The van der Waals surface area contributed by atoms with Crippen LogP contribution in [0.2, 0.25) is 0 Å². The molecule has 3 atom stereocenters. The number of amides is 1. The van der Waals surface area contributed by atoms with Crippen molar-refractivity contribution in [3.63, 3.8) is 0 Å². The number of fused-ring (bicyclic) bond motifs is 1. The Hall–Kier alpha value is -1.71. The van der Waals surface area contributed by atoms with Gasteiger partial charge in [-0.15, -0.1) is 0 Å². The van der Waals surface area contributed by atoms with Crippen molar-refractivity contribution >= 4 is 5.91 Å². The Kier molecular flexibility index (Phi) is 6.52. The molecule has 3 rings (SSSR count). The van der Waals surface area contributed by atoms with Crippen LogP contribution in [0, 0.1) is 11.8 Å². The largest absolute Gasteiger partial charge is 0.493 e. The Bertz CT molecular complexity index is 558. The summed E-state index contributed by atoms with van der Waals surface area (Å²) in [4.78, 5) is 14.3. The van der Waals surface area contributed by atoms with E-state index in [0.717, 1.165) is 36.8 Å². The minimum absolute atomic E-state index is 0.336. The van der Waals surface area contributed by atoms with E-state index in [-0.39, 0.29) is 0 Å². The molecule has 1 aromatic carbocycles. The van der Waals surface area contributed by atoms with Gasteiger partial charge in [0.25, 0.3) is 0 Å². The third kappa shape index (κ3) is 3.85. The summed E-state index contributed by atoms with van der Waals surface area (Å²) in [5.41, 5.74) is 1.18.